The quantitative estimate of drug-likeness (QED) is 0.497. The fraction of sp³-hybridized carbons (Fsp3) is 0. The minimum atomic E-state index is 0.610. The minimum Gasteiger partial charge on any atom is -0.436 e. The van der Waals surface area contributed by atoms with E-state index in [0.29, 0.717) is 17.2 Å². The molecule has 0 spiro atoms. The summed E-state index contributed by atoms with van der Waals surface area (Å²) in [5.74, 6) is 0.610. The Kier molecular flexibility index (Phi) is 2.72. The van der Waals surface area contributed by atoms with Crippen LogP contribution in [0.5, 0.6) is 0 Å². The normalized spacial score (nSPS) is 11.3. The highest BCUT2D eigenvalue weighted by Crippen LogP contribution is 2.33. The molecule has 2 N–H and O–H groups in total. The van der Waals surface area contributed by atoms with Crippen LogP contribution >= 0.6 is 15.9 Å². The zero-order valence-corrected chi connectivity index (χ0v) is 12.6. The Hall–Kier alpha value is -2.33. The first kappa shape index (κ1) is 12.4. The van der Waals surface area contributed by atoms with Crippen LogP contribution in [-0.4, -0.2) is 4.98 Å². The average Bonchev–Trinajstić information content (AvgIpc) is 2.90. The molecule has 0 aliphatic heterocycles. The van der Waals surface area contributed by atoms with Gasteiger partial charge in [-0.3, -0.25) is 0 Å². The van der Waals surface area contributed by atoms with E-state index >= 15 is 0 Å². The van der Waals surface area contributed by atoms with Crippen molar-refractivity contribution < 1.29 is 4.42 Å². The van der Waals surface area contributed by atoms with Gasteiger partial charge in [-0.15, -0.1) is 0 Å². The molecule has 0 radical (unpaired) electrons. The van der Waals surface area contributed by atoms with E-state index in [1.165, 1.54) is 0 Å². The van der Waals surface area contributed by atoms with Crippen LogP contribution in [0.25, 0.3) is 33.3 Å². The van der Waals surface area contributed by atoms with Crippen LogP contribution < -0.4 is 5.73 Å². The van der Waals surface area contributed by atoms with Gasteiger partial charge in [0.25, 0.3) is 0 Å². The lowest BCUT2D eigenvalue weighted by atomic mass is 10.0. The predicted octanol–water partition coefficient (Wildman–Crippen LogP) is 4.99. The predicted molar refractivity (Wildman–Crippen MR) is 89.1 cm³/mol. The van der Waals surface area contributed by atoms with E-state index in [1.54, 1.807) is 6.07 Å². The molecule has 1 aromatic heterocycles. The summed E-state index contributed by atoms with van der Waals surface area (Å²) in [7, 11) is 0. The van der Waals surface area contributed by atoms with Gasteiger partial charge in [0.1, 0.15) is 5.52 Å². The second kappa shape index (κ2) is 4.60. The van der Waals surface area contributed by atoms with Gasteiger partial charge in [-0.05, 0) is 35.0 Å². The van der Waals surface area contributed by atoms with Crippen molar-refractivity contribution in [1.82, 2.24) is 4.98 Å². The van der Waals surface area contributed by atoms with Crippen molar-refractivity contribution in [3.8, 4) is 11.5 Å². The Labute approximate surface area is 129 Å². The molecule has 0 aliphatic carbocycles. The maximum Gasteiger partial charge on any atom is 0.227 e. The van der Waals surface area contributed by atoms with Gasteiger partial charge in [-0.25, -0.2) is 4.98 Å². The number of anilines is 1. The van der Waals surface area contributed by atoms with Crippen molar-refractivity contribution in [1.29, 1.82) is 0 Å². The summed E-state index contributed by atoms with van der Waals surface area (Å²) in [6.07, 6.45) is 0. The first-order chi connectivity index (χ1) is 10.2. The molecule has 0 atom stereocenters. The monoisotopic (exact) mass is 338 g/mol. The molecule has 0 saturated carbocycles. The largest absolute Gasteiger partial charge is 0.436 e. The van der Waals surface area contributed by atoms with Crippen LogP contribution in [0, 0.1) is 0 Å². The highest BCUT2D eigenvalue weighted by Gasteiger charge is 2.12. The van der Waals surface area contributed by atoms with E-state index in [0.717, 1.165) is 26.3 Å². The molecule has 1 heterocycles. The first-order valence-corrected chi connectivity index (χ1v) is 7.35. The van der Waals surface area contributed by atoms with Gasteiger partial charge in [-0.2, -0.15) is 0 Å². The smallest absolute Gasteiger partial charge is 0.227 e. The van der Waals surface area contributed by atoms with E-state index < -0.39 is 0 Å². The molecule has 4 heteroatoms. The molecule has 4 aromatic rings. The Morgan fingerprint density at radius 1 is 0.952 bits per heavy atom. The molecule has 0 saturated heterocycles. The van der Waals surface area contributed by atoms with Crippen molar-refractivity contribution in [3.63, 3.8) is 0 Å². The fourth-order valence-electron chi connectivity index (χ4n) is 2.51. The summed E-state index contributed by atoms with van der Waals surface area (Å²) in [5, 5.41) is 2.24. The molecule has 21 heavy (non-hydrogen) atoms. The summed E-state index contributed by atoms with van der Waals surface area (Å²) in [5.41, 5.74) is 8.95. The third-order valence-electron chi connectivity index (χ3n) is 3.51. The second-order valence-corrected chi connectivity index (χ2v) is 5.74. The maximum absolute atomic E-state index is 5.88. The molecular formula is C17H11BrN2O. The fourth-order valence-corrected chi connectivity index (χ4v) is 3.01. The Bertz CT molecular complexity index is 975. The van der Waals surface area contributed by atoms with Crippen molar-refractivity contribution in [2.24, 2.45) is 0 Å². The molecule has 0 unspecified atom stereocenters. The lowest BCUT2D eigenvalue weighted by molar-refractivity contribution is 0.621. The summed E-state index contributed by atoms with van der Waals surface area (Å²) in [4.78, 5) is 4.57. The number of benzene rings is 3. The molecule has 0 fully saturated rings. The van der Waals surface area contributed by atoms with Crippen molar-refractivity contribution in [3.05, 3.63) is 59.1 Å². The Balaban J connectivity index is 2.02. The molecular weight excluding hydrogens is 328 g/mol. The molecule has 3 nitrogen and oxygen atoms in total. The number of halogens is 1. The van der Waals surface area contributed by atoms with Crippen LogP contribution in [0.15, 0.2) is 63.5 Å². The number of nitrogen functional groups attached to an aromatic ring is 1. The molecule has 3 aromatic carbocycles. The summed E-state index contributed by atoms with van der Waals surface area (Å²) < 4.78 is 6.93. The van der Waals surface area contributed by atoms with Gasteiger partial charge < -0.3 is 10.2 Å². The molecule has 102 valence electrons. The van der Waals surface area contributed by atoms with Crippen LogP contribution in [-0.2, 0) is 0 Å². The maximum atomic E-state index is 5.88. The zero-order valence-electron chi connectivity index (χ0n) is 11.0. The molecule has 0 amide bonds. The van der Waals surface area contributed by atoms with Crippen molar-refractivity contribution in [2.75, 3.05) is 5.73 Å². The van der Waals surface area contributed by atoms with Crippen LogP contribution in [0.2, 0.25) is 0 Å². The van der Waals surface area contributed by atoms with Crippen molar-refractivity contribution >= 4 is 43.5 Å². The molecule has 4 rings (SSSR count). The number of rotatable bonds is 1. The third-order valence-corrected chi connectivity index (χ3v) is 4.20. The van der Waals surface area contributed by atoms with Gasteiger partial charge in [-0.1, -0.05) is 40.2 Å². The first-order valence-electron chi connectivity index (χ1n) is 6.56. The summed E-state index contributed by atoms with van der Waals surface area (Å²) >= 11 is 3.58. The number of oxazole rings is 1. The second-order valence-electron chi connectivity index (χ2n) is 4.89. The van der Waals surface area contributed by atoms with E-state index in [-0.39, 0.29) is 0 Å². The van der Waals surface area contributed by atoms with Gasteiger partial charge in [0.15, 0.2) is 5.58 Å². The van der Waals surface area contributed by atoms with Crippen LogP contribution in [0.4, 0.5) is 5.69 Å². The van der Waals surface area contributed by atoms with Gasteiger partial charge >= 0.3 is 0 Å². The number of hydrogen-bond donors (Lipinski definition) is 1. The molecule has 0 bridgehead atoms. The highest BCUT2D eigenvalue weighted by molar-refractivity contribution is 9.10. The number of fused-ring (bicyclic) bond motifs is 2. The topological polar surface area (TPSA) is 52.0 Å². The van der Waals surface area contributed by atoms with Crippen molar-refractivity contribution in [2.45, 2.75) is 0 Å². The zero-order chi connectivity index (χ0) is 14.4. The third kappa shape index (κ3) is 1.99. The van der Waals surface area contributed by atoms with Gasteiger partial charge in [0.05, 0.1) is 0 Å². The SMILES string of the molecule is Nc1ccc2nc(-c3cccc4c(Br)cccc34)oc2c1. The van der Waals surface area contributed by atoms with Crippen LogP contribution in [0.3, 0.4) is 0 Å². The van der Waals surface area contributed by atoms with Gasteiger partial charge in [0.2, 0.25) is 5.89 Å². The lowest BCUT2D eigenvalue weighted by Gasteiger charge is -2.04. The Morgan fingerprint density at radius 3 is 2.67 bits per heavy atom. The van der Waals surface area contributed by atoms with Crippen LogP contribution in [0.1, 0.15) is 0 Å². The number of nitrogens with two attached hydrogens (primary N) is 1. The molecule has 0 aliphatic rings. The van der Waals surface area contributed by atoms with Gasteiger partial charge in [0, 0.05) is 21.8 Å². The average molecular weight is 339 g/mol. The van der Waals surface area contributed by atoms with E-state index in [4.69, 9.17) is 10.2 Å². The lowest BCUT2D eigenvalue weighted by Crippen LogP contribution is -1.82. The number of aromatic nitrogens is 1. The number of nitrogens with zero attached hydrogens (tertiary/aromatic N) is 1. The minimum absolute atomic E-state index is 0.610. The standard InChI is InChI=1S/C17H11BrN2O/c18-14-6-2-3-11-12(14)4-1-5-13(11)17-20-15-8-7-10(19)9-16(15)21-17/h1-9H,19H2. The summed E-state index contributed by atoms with van der Waals surface area (Å²) in [6, 6.07) is 17.7. The highest BCUT2D eigenvalue weighted by atomic mass is 79.9. The Morgan fingerprint density at radius 2 is 1.76 bits per heavy atom. The van der Waals surface area contributed by atoms with E-state index in [2.05, 4.69) is 33.0 Å². The number of hydrogen-bond acceptors (Lipinski definition) is 3. The van der Waals surface area contributed by atoms with E-state index in [1.807, 2.05) is 36.4 Å². The van der Waals surface area contributed by atoms with E-state index in [9.17, 15) is 0 Å². The summed E-state index contributed by atoms with van der Waals surface area (Å²) in [6.45, 7) is 0.